The van der Waals surface area contributed by atoms with Crippen LogP contribution in [0.1, 0.15) is 38.7 Å². The number of nitrogens with zero attached hydrogens (tertiary/aromatic N) is 1. The van der Waals surface area contributed by atoms with Crippen LogP contribution in [0.3, 0.4) is 0 Å². The molecule has 2 aliphatic heterocycles. The average Bonchev–Trinajstić information content (AvgIpc) is 2.82. The van der Waals surface area contributed by atoms with E-state index in [2.05, 4.69) is 48.3 Å². The third kappa shape index (κ3) is 4.37. The van der Waals surface area contributed by atoms with Gasteiger partial charge < -0.3 is 10.1 Å². The van der Waals surface area contributed by atoms with Crippen molar-refractivity contribution in [1.82, 2.24) is 10.2 Å². The summed E-state index contributed by atoms with van der Waals surface area (Å²) in [5.41, 5.74) is 1.97. The van der Waals surface area contributed by atoms with Crippen molar-refractivity contribution in [2.24, 2.45) is 5.41 Å². The van der Waals surface area contributed by atoms with Crippen LogP contribution in [0.5, 0.6) is 5.75 Å². The summed E-state index contributed by atoms with van der Waals surface area (Å²) in [5, 5.41) is 3.49. The highest BCUT2D eigenvalue weighted by atomic mass is 35.5. The smallest absolute Gasteiger partial charge is 0.120 e. The summed E-state index contributed by atoms with van der Waals surface area (Å²) in [6, 6.07) is 8.60. The highest BCUT2D eigenvalue weighted by molar-refractivity contribution is 5.85. The third-order valence-electron chi connectivity index (χ3n) is 4.86. The normalized spacial score (nSPS) is 21.0. The van der Waals surface area contributed by atoms with Crippen LogP contribution in [0.25, 0.3) is 0 Å². The number of piperidine rings is 1. The van der Waals surface area contributed by atoms with Gasteiger partial charge in [-0.25, -0.2) is 0 Å². The molecule has 0 radical (unpaired) electrons. The van der Waals surface area contributed by atoms with Crippen molar-refractivity contribution in [2.75, 3.05) is 26.2 Å². The lowest BCUT2D eigenvalue weighted by molar-refractivity contribution is 0.193. The fraction of sp³-hybridized carbons (Fsp3) is 0.667. The van der Waals surface area contributed by atoms with Gasteiger partial charge in [0.2, 0.25) is 0 Å². The summed E-state index contributed by atoms with van der Waals surface area (Å²) >= 11 is 0. The number of likely N-dealkylation sites (tertiary alicyclic amines) is 1. The van der Waals surface area contributed by atoms with Gasteiger partial charge in [0.1, 0.15) is 5.75 Å². The monoisotopic (exact) mass is 324 g/mol. The van der Waals surface area contributed by atoms with Crippen molar-refractivity contribution >= 4 is 12.4 Å². The van der Waals surface area contributed by atoms with Crippen molar-refractivity contribution in [3.63, 3.8) is 0 Å². The zero-order valence-corrected chi connectivity index (χ0v) is 14.6. The van der Waals surface area contributed by atoms with E-state index in [4.69, 9.17) is 4.74 Å². The van der Waals surface area contributed by atoms with E-state index >= 15 is 0 Å². The first-order valence-electron chi connectivity index (χ1n) is 8.34. The summed E-state index contributed by atoms with van der Waals surface area (Å²) in [6.07, 6.45) is 4.31. The molecule has 0 saturated carbocycles. The molecule has 0 atom stereocenters. The number of rotatable bonds is 4. The Kier molecular flexibility index (Phi) is 6.13. The van der Waals surface area contributed by atoms with Crippen molar-refractivity contribution in [2.45, 2.75) is 45.8 Å². The molecule has 1 aromatic carbocycles. The zero-order valence-electron chi connectivity index (χ0n) is 13.8. The highest BCUT2D eigenvalue weighted by Gasteiger charge is 2.38. The van der Waals surface area contributed by atoms with Crippen LogP contribution < -0.4 is 10.1 Å². The third-order valence-corrected chi connectivity index (χ3v) is 4.86. The van der Waals surface area contributed by atoms with Crippen molar-refractivity contribution in [3.05, 3.63) is 29.8 Å². The first-order valence-corrected chi connectivity index (χ1v) is 8.34. The fourth-order valence-electron chi connectivity index (χ4n) is 3.78. The van der Waals surface area contributed by atoms with Gasteiger partial charge in [-0.05, 0) is 75.9 Å². The lowest BCUT2D eigenvalue weighted by Crippen LogP contribution is -2.38. The fourth-order valence-corrected chi connectivity index (χ4v) is 3.78. The van der Waals surface area contributed by atoms with Gasteiger partial charge in [-0.15, -0.1) is 12.4 Å². The van der Waals surface area contributed by atoms with Crippen LogP contribution in [0, 0.1) is 5.41 Å². The molecule has 0 aliphatic carbocycles. The molecule has 1 aromatic rings. The van der Waals surface area contributed by atoms with E-state index < -0.39 is 0 Å². The van der Waals surface area contributed by atoms with Gasteiger partial charge in [-0.2, -0.15) is 0 Å². The Morgan fingerprint density at radius 2 is 2.00 bits per heavy atom. The predicted molar refractivity (Wildman–Crippen MR) is 93.9 cm³/mol. The minimum absolute atomic E-state index is 0. The molecular weight excluding hydrogens is 296 g/mol. The Hall–Kier alpha value is -0.770. The molecule has 2 heterocycles. The lowest BCUT2D eigenvalue weighted by Gasteiger charge is -2.34. The largest absolute Gasteiger partial charge is 0.491 e. The first-order chi connectivity index (χ1) is 10.2. The van der Waals surface area contributed by atoms with Gasteiger partial charge in [0.05, 0.1) is 6.10 Å². The predicted octanol–water partition coefficient (Wildman–Crippen LogP) is 3.47. The van der Waals surface area contributed by atoms with E-state index in [1.54, 1.807) is 0 Å². The maximum atomic E-state index is 5.80. The quantitative estimate of drug-likeness (QED) is 0.917. The minimum atomic E-state index is 0. The van der Waals surface area contributed by atoms with Crippen LogP contribution in [-0.2, 0) is 6.54 Å². The Morgan fingerprint density at radius 3 is 2.73 bits per heavy atom. The van der Waals surface area contributed by atoms with Gasteiger partial charge in [0.25, 0.3) is 0 Å². The highest BCUT2D eigenvalue weighted by Crippen LogP contribution is 2.39. The molecule has 0 amide bonds. The minimum Gasteiger partial charge on any atom is -0.491 e. The Balaban J connectivity index is 0.00000176. The molecular formula is C18H29ClN2O. The van der Waals surface area contributed by atoms with Crippen LogP contribution in [0.4, 0.5) is 0 Å². The van der Waals surface area contributed by atoms with Crippen molar-refractivity contribution in [1.29, 1.82) is 0 Å². The Bertz CT molecular complexity index is 472. The maximum Gasteiger partial charge on any atom is 0.120 e. The molecule has 0 bridgehead atoms. The maximum absolute atomic E-state index is 5.80. The molecule has 1 spiro atoms. The number of halogens is 1. The lowest BCUT2D eigenvalue weighted by atomic mass is 9.78. The molecule has 2 aliphatic rings. The standard InChI is InChI=1S/C18H28N2O.ClH/c1-15(2)21-17-5-3-4-16(12-17)13-20-11-8-18(14-20)6-9-19-10-7-18;/h3-5,12,15,19H,6-11,13-14H2,1-2H3;1H. The van der Waals surface area contributed by atoms with Crippen molar-refractivity contribution in [3.8, 4) is 5.75 Å². The van der Waals surface area contributed by atoms with E-state index in [0.29, 0.717) is 5.41 Å². The second-order valence-corrected chi connectivity index (χ2v) is 7.02. The molecule has 3 nitrogen and oxygen atoms in total. The van der Waals surface area contributed by atoms with Crippen LogP contribution in [0.2, 0.25) is 0 Å². The summed E-state index contributed by atoms with van der Waals surface area (Å²) in [6.45, 7) is 10.1. The van der Waals surface area contributed by atoms with Gasteiger partial charge in [0, 0.05) is 13.1 Å². The van der Waals surface area contributed by atoms with Crippen molar-refractivity contribution < 1.29 is 4.74 Å². The topological polar surface area (TPSA) is 24.5 Å². The summed E-state index contributed by atoms with van der Waals surface area (Å²) in [4.78, 5) is 2.62. The van der Waals surface area contributed by atoms with E-state index in [-0.39, 0.29) is 18.5 Å². The van der Waals surface area contributed by atoms with Crippen LogP contribution in [0.15, 0.2) is 24.3 Å². The summed E-state index contributed by atoms with van der Waals surface area (Å²) < 4.78 is 5.80. The summed E-state index contributed by atoms with van der Waals surface area (Å²) in [5.74, 6) is 0.998. The van der Waals surface area contributed by atoms with Gasteiger partial charge >= 0.3 is 0 Å². The molecule has 124 valence electrons. The molecule has 2 fully saturated rings. The molecule has 2 saturated heterocycles. The van der Waals surface area contributed by atoms with E-state index in [9.17, 15) is 0 Å². The Labute approximate surface area is 140 Å². The SMILES string of the molecule is CC(C)Oc1cccc(CN2CCC3(CCNCC3)C2)c1.Cl. The number of hydrogen-bond acceptors (Lipinski definition) is 3. The van der Waals surface area contributed by atoms with Gasteiger partial charge in [-0.3, -0.25) is 4.90 Å². The molecule has 0 aromatic heterocycles. The second-order valence-electron chi connectivity index (χ2n) is 7.02. The first kappa shape index (κ1) is 17.6. The molecule has 0 unspecified atom stereocenters. The number of hydrogen-bond donors (Lipinski definition) is 1. The second kappa shape index (κ2) is 7.67. The average molecular weight is 325 g/mol. The van der Waals surface area contributed by atoms with E-state index in [1.165, 1.54) is 51.0 Å². The Morgan fingerprint density at radius 1 is 1.23 bits per heavy atom. The van der Waals surface area contributed by atoms with Crippen LogP contribution >= 0.6 is 12.4 Å². The number of ether oxygens (including phenoxy) is 1. The number of nitrogens with one attached hydrogen (secondary N) is 1. The van der Waals surface area contributed by atoms with E-state index in [0.717, 1.165) is 12.3 Å². The van der Waals surface area contributed by atoms with Crippen LogP contribution in [-0.4, -0.2) is 37.2 Å². The molecule has 3 rings (SSSR count). The molecule has 22 heavy (non-hydrogen) atoms. The summed E-state index contributed by atoms with van der Waals surface area (Å²) in [7, 11) is 0. The molecule has 4 heteroatoms. The van der Waals surface area contributed by atoms with E-state index in [1.807, 2.05) is 0 Å². The van der Waals surface area contributed by atoms with Gasteiger partial charge in [0.15, 0.2) is 0 Å². The van der Waals surface area contributed by atoms with Gasteiger partial charge in [-0.1, -0.05) is 12.1 Å². The molecule has 1 N–H and O–H groups in total. The number of benzene rings is 1. The zero-order chi connectivity index (χ0) is 14.7.